The Balaban J connectivity index is 1.97. The molecule has 0 spiro atoms. The van der Waals surface area contributed by atoms with Crippen LogP contribution in [0.5, 0.6) is 0 Å². The summed E-state index contributed by atoms with van der Waals surface area (Å²) in [7, 11) is 5.56. The predicted molar refractivity (Wildman–Crippen MR) is 73.0 cm³/mol. The average molecular weight is 282 g/mol. The number of amides is 4. The van der Waals surface area contributed by atoms with Crippen LogP contribution < -0.4 is 0 Å². The lowest BCUT2D eigenvalue weighted by atomic mass is 10.1. The number of urea groups is 1. The van der Waals surface area contributed by atoms with Crippen LogP contribution in [0, 0.1) is 5.92 Å². The van der Waals surface area contributed by atoms with E-state index in [0.29, 0.717) is 25.0 Å². The first-order chi connectivity index (χ1) is 9.31. The molecule has 0 saturated carbocycles. The van der Waals surface area contributed by atoms with Gasteiger partial charge in [-0.05, 0) is 20.0 Å². The number of rotatable bonds is 3. The lowest BCUT2D eigenvalue weighted by Crippen LogP contribution is -2.43. The molecule has 0 N–H and O–H groups in total. The summed E-state index contributed by atoms with van der Waals surface area (Å²) < 4.78 is 0. The summed E-state index contributed by atoms with van der Waals surface area (Å²) in [5.41, 5.74) is 0. The first-order valence-electron chi connectivity index (χ1n) is 6.81. The monoisotopic (exact) mass is 282 g/mol. The van der Waals surface area contributed by atoms with Crippen molar-refractivity contribution in [3.05, 3.63) is 0 Å². The van der Waals surface area contributed by atoms with Crippen molar-refractivity contribution in [1.82, 2.24) is 19.6 Å². The molecule has 0 bridgehead atoms. The molecule has 0 aliphatic carbocycles. The minimum Gasteiger partial charge on any atom is -0.339 e. The van der Waals surface area contributed by atoms with Crippen LogP contribution in [0.1, 0.15) is 6.92 Å². The summed E-state index contributed by atoms with van der Waals surface area (Å²) in [5, 5.41) is 0. The molecule has 2 aliphatic heterocycles. The molecule has 4 amide bonds. The fourth-order valence-electron chi connectivity index (χ4n) is 2.89. The van der Waals surface area contributed by atoms with E-state index in [-0.39, 0.29) is 30.9 Å². The van der Waals surface area contributed by atoms with Crippen LogP contribution in [0.2, 0.25) is 0 Å². The number of carbonyl (C=O) groups excluding carboxylic acids is 3. The van der Waals surface area contributed by atoms with E-state index in [1.165, 1.54) is 4.90 Å². The van der Waals surface area contributed by atoms with Gasteiger partial charge >= 0.3 is 6.03 Å². The number of carbonyl (C=O) groups is 3. The van der Waals surface area contributed by atoms with Crippen LogP contribution in [0.4, 0.5) is 4.79 Å². The van der Waals surface area contributed by atoms with E-state index in [1.54, 1.807) is 11.9 Å². The maximum atomic E-state index is 12.3. The maximum absolute atomic E-state index is 12.3. The van der Waals surface area contributed by atoms with Crippen molar-refractivity contribution in [2.24, 2.45) is 5.92 Å². The summed E-state index contributed by atoms with van der Waals surface area (Å²) in [6.45, 7) is 3.35. The molecule has 0 aromatic heterocycles. The zero-order chi connectivity index (χ0) is 15.0. The van der Waals surface area contributed by atoms with E-state index < -0.39 is 0 Å². The van der Waals surface area contributed by atoms with E-state index in [0.717, 1.165) is 4.90 Å². The summed E-state index contributed by atoms with van der Waals surface area (Å²) in [6.07, 6.45) is 0. The van der Waals surface area contributed by atoms with Crippen LogP contribution in [0.15, 0.2) is 0 Å². The van der Waals surface area contributed by atoms with Gasteiger partial charge in [0.15, 0.2) is 0 Å². The molecule has 112 valence electrons. The highest BCUT2D eigenvalue weighted by Gasteiger charge is 2.38. The molecule has 7 nitrogen and oxygen atoms in total. The normalized spacial score (nSPS) is 27.1. The molecule has 7 heteroatoms. The van der Waals surface area contributed by atoms with Crippen LogP contribution >= 0.6 is 0 Å². The van der Waals surface area contributed by atoms with Gasteiger partial charge in [-0.2, -0.15) is 0 Å². The van der Waals surface area contributed by atoms with Gasteiger partial charge in [-0.15, -0.1) is 0 Å². The minimum atomic E-state index is -0.389. The summed E-state index contributed by atoms with van der Waals surface area (Å²) in [6, 6.07) is -0.0636. The van der Waals surface area contributed by atoms with E-state index in [2.05, 4.69) is 11.8 Å². The van der Waals surface area contributed by atoms with Crippen molar-refractivity contribution in [2.45, 2.75) is 13.0 Å². The van der Waals surface area contributed by atoms with Crippen molar-refractivity contribution in [3.8, 4) is 0 Å². The summed E-state index contributed by atoms with van der Waals surface area (Å²) in [4.78, 5) is 41.9. The fraction of sp³-hybridized carbons (Fsp3) is 0.769. The maximum Gasteiger partial charge on any atom is 0.327 e. The molecule has 2 heterocycles. The molecule has 20 heavy (non-hydrogen) atoms. The third-order valence-corrected chi connectivity index (χ3v) is 4.11. The number of nitrogens with zero attached hydrogens (tertiary/aromatic N) is 4. The van der Waals surface area contributed by atoms with Gasteiger partial charge in [0, 0.05) is 26.2 Å². The average Bonchev–Trinajstić information content (AvgIpc) is 2.85. The Morgan fingerprint density at radius 3 is 2.40 bits per heavy atom. The Hall–Kier alpha value is -1.63. The molecule has 0 aromatic rings. The highest BCUT2D eigenvalue weighted by atomic mass is 16.2. The quantitative estimate of drug-likeness (QED) is 0.641. The van der Waals surface area contributed by atoms with Gasteiger partial charge in [0.2, 0.25) is 5.91 Å². The van der Waals surface area contributed by atoms with Gasteiger partial charge in [-0.1, -0.05) is 6.92 Å². The van der Waals surface area contributed by atoms with Crippen molar-refractivity contribution in [3.63, 3.8) is 0 Å². The fourth-order valence-corrected chi connectivity index (χ4v) is 2.89. The van der Waals surface area contributed by atoms with Crippen LogP contribution in [0.25, 0.3) is 0 Å². The first-order valence-corrected chi connectivity index (χ1v) is 6.81. The first kappa shape index (κ1) is 14.8. The largest absolute Gasteiger partial charge is 0.339 e. The van der Waals surface area contributed by atoms with Crippen molar-refractivity contribution >= 4 is 17.8 Å². The predicted octanol–water partition coefficient (Wildman–Crippen LogP) is -0.711. The second-order valence-electron chi connectivity index (χ2n) is 5.93. The smallest absolute Gasteiger partial charge is 0.327 e. The van der Waals surface area contributed by atoms with E-state index in [1.807, 2.05) is 14.1 Å². The third kappa shape index (κ3) is 2.63. The van der Waals surface area contributed by atoms with E-state index in [4.69, 9.17) is 0 Å². The van der Waals surface area contributed by atoms with Crippen molar-refractivity contribution < 1.29 is 14.4 Å². The Morgan fingerprint density at radius 2 is 1.95 bits per heavy atom. The number of hydrogen-bond donors (Lipinski definition) is 0. The van der Waals surface area contributed by atoms with Gasteiger partial charge in [0.25, 0.3) is 5.91 Å². The Bertz CT molecular complexity index is 437. The van der Waals surface area contributed by atoms with E-state index in [9.17, 15) is 14.4 Å². The van der Waals surface area contributed by atoms with Crippen molar-refractivity contribution in [1.29, 1.82) is 0 Å². The van der Waals surface area contributed by atoms with Crippen LogP contribution in [-0.2, 0) is 9.59 Å². The molecular weight excluding hydrogens is 260 g/mol. The summed E-state index contributed by atoms with van der Waals surface area (Å²) >= 11 is 0. The van der Waals surface area contributed by atoms with Gasteiger partial charge in [0.1, 0.15) is 13.1 Å². The van der Waals surface area contributed by atoms with Crippen molar-refractivity contribution in [2.75, 3.05) is 47.3 Å². The summed E-state index contributed by atoms with van der Waals surface area (Å²) in [5.74, 6) is -0.0675. The third-order valence-electron chi connectivity index (χ3n) is 4.11. The van der Waals surface area contributed by atoms with Crippen LogP contribution in [0.3, 0.4) is 0 Å². The molecule has 2 fully saturated rings. The van der Waals surface area contributed by atoms with Gasteiger partial charge < -0.3 is 14.7 Å². The molecule has 2 rings (SSSR count). The molecule has 0 unspecified atom stereocenters. The number of likely N-dealkylation sites (tertiary alicyclic amines) is 1. The van der Waals surface area contributed by atoms with Gasteiger partial charge in [0.05, 0.1) is 0 Å². The zero-order valence-electron chi connectivity index (χ0n) is 12.5. The number of hydrogen-bond acceptors (Lipinski definition) is 4. The SMILES string of the molecule is C[C@H]1CN(C(=O)CN2C(=O)CN(C)C2=O)C[C@@H]1N(C)C. The Kier molecular flexibility index (Phi) is 3.99. The Labute approximate surface area is 119 Å². The van der Waals surface area contributed by atoms with E-state index >= 15 is 0 Å². The van der Waals surface area contributed by atoms with Gasteiger partial charge in [-0.3, -0.25) is 14.5 Å². The lowest BCUT2D eigenvalue weighted by Gasteiger charge is -2.23. The molecule has 0 aromatic carbocycles. The standard InChI is InChI=1S/C13H22N4O3/c1-9-5-16(6-10(9)14(2)3)11(18)8-17-12(19)7-15(4)13(17)20/h9-10H,5-8H2,1-4H3/t9-,10-/m0/s1. The lowest BCUT2D eigenvalue weighted by molar-refractivity contribution is -0.135. The highest BCUT2D eigenvalue weighted by Crippen LogP contribution is 2.20. The highest BCUT2D eigenvalue weighted by molar-refractivity contribution is 6.04. The molecular formula is C13H22N4O3. The molecule has 2 aliphatic rings. The second-order valence-corrected chi connectivity index (χ2v) is 5.93. The minimum absolute atomic E-state index is 0.0584. The van der Waals surface area contributed by atoms with Gasteiger partial charge in [-0.25, -0.2) is 4.79 Å². The molecule has 2 atom stereocenters. The topological polar surface area (TPSA) is 64.2 Å². The Morgan fingerprint density at radius 1 is 1.30 bits per heavy atom. The molecule has 0 radical (unpaired) electrons. The number of likely N-dealkylation sites (N-methyl/N-ethyl adjacent to an activating group) is 2. The zero-order valence-corrected chi connectivity index (χ0v) is 12.5. The second kappa shape index (κ2) is 5.40. The molecule has 2 saturated heterocycles. The van der Waals surface area contributed by atoms with Crippen LogP contribution in [-0.4, -0.2) is 90.8 Å². The number of imide groups is 1.